The van der Waals surface area contributed by atoms with Crippen LogP contribution in [0.15, 0.2) is 33.6 Å². The van der Waals surface area contributed by atoms with E-state index >= 15 is 4.39 Å². The molecule has 2 aliphatic heterocycles. The highest BCUT2D eigenvalue weighted by Crippen LogP contribution is 2.35. The number of aromatic hydroxyl groups is 1. The molecular formula is C22H21F4N5O3. The van der Waals surface area contributed by atoms with Gasteiger partial charge in [-0.15, -0.1) is 10.2 Å². The Morgan fingerprint density at radius 2 is 2.00 bits per heavy atom. The first kappa shape index (κ1) is 22.5. The Morgan fingerprint density at radius 3 is 2.71 bits per heavy atom. The summed E-state index contributed by atoms with van der Waals surface area (Å²) in [6.45, 7) is 0. The average molecular weight is 479 g/mol. The average Bonchev–Trinajstić information content (AvgIpc) is 2.81. The summed E-state index contributed by atoms with van der Waals surface area (Å²) < 4.78 is 58.9. The Morgan fingerprint density at radius 1 is 1.21 bits per heavy atom. The van der Waals surface area contributed by atoms with E-state index in [0.29, 0.717) is 18.3 Å². The summed E-state index contributed by atoms with van der Waals surface area (Å²) in [6.07, 6.45) is -1.20. The number of piperidine rings is 2. The standard InChI is InChI=1S/C22H21F4N5O3/c1-31(14-5-10-3-2-4-13(28-10)20(14)23)19-9-27-21(30-29-19)12-7-17-11(6-15(12)32)16(33)8-18(34-17)22(24,25)26/h6-10,13-14,20,28,32H,2-5H2,1H3/t10?,13?,14-,20+/m0/s1. The molecular weight excluding hydrogens is 458 g/mol. The quantitative estimate of drug-likeness (QED) is 0.551. The number of phenolic OH excluding ortho intramolecular Hbond substituents is 1. The number of nitrogens with zero attached hydrogens (tertiary/aromatic N) is 4. The highest BCUT2D eigenvalue weighted by molar-refractivity contribution is 5.85. The third-order valence-corrected chi connectivity index (χ3v) is 6.57. The molecule has 8 nitrogen and oxygen atoms in total. The van der Waals surface area contributed by atoms with E-state index in [1.54, 1.807) is 11.9 Å². The van der Waals surface area contributed by atoms with E-state index in [1.807, 2.05) is 0 Å². The van der Waals surface area contributed by atoms with Gasteiger partial charge in [0, 0.05) is 25.2 Å². The van der Waals surface area contributed by atoms with Crippen LogP contribution in [0.3, 0.4) is 0 Å². The number of aromatic nitrogens is 3. The van der Waals surface area contributed by atoms with Gasteiger partial charge in [0.15, 0.2) is 17.1 Å². The van der Waals surface area contributed by atoms with Gasteiger partial charge in [-0.05, 0) is 31.4 Å². The molecule has 34 heavy (non-hydrogen) atoms. The van der Waals surface area contributed by atoms with Crippen molar-refractivity contribution in [2.45, 2.75) is 56.2 Å². The summed E-state index contributed by atoms with van der Waals surface area (Å²) in [5.74, 6) is -1.64. The summed E-state index contributed by atoms with van der Waals surface area (Å²) >= 11 is 0. The predicted molar refractivity (Wildman–Crippen MR) is 114 cm³/mol. The largest absolute Gasteiger partial charge is 0.507 e. The van der Waals surface area contributed by atoms with Crippen LogP contribution >= 0.6 is 0 Å². The molecule has 4 heterocycles. The van der Waals surface area contributed by atoms with Crippen LogP contribution in [-0.4, -0.2) is 51.6 Å². The molecule has 0 saturated carbocycles. The number of rotatable bonds is 3. The van der Waals surface area contributed by atoms with Gasteiger partial charge in [-0.1, -0.05) is 6.42 Å². The predicted octanol–water partition coefficient (Wildman–Crippen LogP) is 3.43. The highest BCUT2D eigenvalue weighted by Gasteiger charge is 2.42. The Labute approximate surface area is 190 Å². The number of benzene rings is 1. The molecule has 0 radical (unpaired) electrons. The minimum absolute atomic E-state index is 0.0588. The number of anilines is 1. The smallest absolute Gasteiger partial charge is 0.449 e. The number of fused-ring (bicyclic) bond motifs is 3. The van der Waals surface area contributed by atoms with E-state index in [9.17, 15) is 23.1 Å². The summed E-state index contributed by atoms with van der Waals surface area (Å²) in [7, 11) is 1.71. The zero-order valence-corrected chi connectivity index (χ0v) is 18.0. The second kappa shape index (κ2) is 8.19. The fourth-order valence-electron chi connectivity index (χ4n) is 4.78. The minimum Gasteiger partial charge on any atom is -0.507 e. The number of hydrogen-bond acceptors (Lipinski definition) is 8. The number of phenols is 1. The van der Waals surface area contributed by atoms with E-state index in [-0.39, 0.29) is 34.4 Å². The number of halogens is 4. The zero-order valence-electron chi connectivity index (χ0n) is 18.0. The van der Waals surface area contributed by atoms with Crippen molar-refractivity contribution in [1.29, 1.82) is 0 Å². The molecule has 1 aromatic carbocycles. The van der Waals surface area contributed by atoms with Crippen LogP contribution in [0.1, 0.15) is 31.4 Å². The van der Waals surface area contributed by atoms with Gasteiger partial charge in [-0.25, -0.2) is 9.37 Å². The second-order valence-electron chi connectivity index (χ2n) is 8.74. The van der Waals surface area contributed by atoms with E-state index in [0.717, 1.165) is 31.4 Å². The monoisotopic (exact) mass is 479 g/mol. The van der Waals surface area contributed by atoms with Gasteiger partial charge < -0.3 is 19.7 Å². The van der Waals surface area contributed by atoms with Crippen molar-refractivity contribution < 1.29 is 27.1 Å². The van der Waals surface area contributed by atoms with Gasteiger partial charge >= 0.3 is 6.18 Å². The Bertz CT molecular complexity index is 1280. The van der Waals surface area contributed by atoms with E-state index in [1.165, 1.54) is 6.20 Å². The van der Waals surface area contributed by atoms with Crippen LogP contribution in [-0.2, 0) is 6.18 Å². The Balaban J connectivity index is 1.45. The SMILES string of the molecule is CN(c1cnc(-c2cc3oc(C(F)(F)F)cc(=O)c3cc2O)nn1)[C@H]1CC2CCCC(N2)[C@H]1F. The summed E-state index contributed by atoms with van der Waals surface area (Å²) in [4.78, 5) is 17.9. The van der Waals surface area contributed by atoms with Gasteiger partial charge in [-0.3, -0.25) is 4.79 Å². The first-order valence-electron chi connectivity index (χ1n) is 10.8. The lowest BCUT2D eigenvalue weighted by atomic mass is 9.82. The molecule has 2 unspecified atom stereocenters. The van der Waals surface area contributed by atoms with Gasteiger partial charge in [0.25, 0.3) is 0 Å². The molecule has 0 aliphatic carbocycles. The van der Waals surface area contributed by atoms with Crippen molar-refractivity contribution in [3.05, 3.63) is 40.4 Å². The molecule has 2 fully saturated rings. The van der Waals surface area contributed by atoms with Crippen LogP contribution in [0, 0.1) is 0 Å². The Hall–Kier alpha value is -3.28. The van der Waals surface area contributed by atoms with Crippen molar-refractivity contribution in [2.75, 3.05) is 11.9 Å². The van der Waals surface area contributed by atoms with E-state index in [2.05, 4.69) is 20.5 Å². The Kier molecular flexibility index (Phi) is 5.42. The molecule has 0 amide bonds. The molecule has 2 saturated heterocycles. The van der Waals surface area contributed by atoms with Crippen molar-refractivity contribution >= 4 is 16.8 Å². The van der Waals surface area contributed by atoms with Gasteiger partial charge in [0.2, 0.25) is 5.76 Å². The first-order chi connectivity index (χ1) is 16.1. The van der Waals surface area contributed by atoms with E-state index in [4.69, 9.17) is 4.42 Å². The molecule has 2 N–H and O–H groups in total. The molecule has 2 aromatic heterocycles. The maximum Gasteiger partial charge on any atom is 0.449 e. The minimum atomic E-state index is -4.85. The maximum absolute atomic E-state index is 15.0. The van der Waals surface area contributed by atoms with Crippen molar-refractivity contribution in [1.82, 2.24) is 20.5 Å². The van der Waals surface area contributed by atoms with Crippen molar-refractivity contribution in [3.63, 3.8) is 0 Å². The van der Waals surface area contributed by atoms with Gasteiger partial charge in [0.1, 0.15) is 17.5 Å². The summed E-state index contributed by atoms with van der Waals surface area (Å²) in [5, 5.41) is 21.5. The zero-order chi connectivity index (χ0) is 24.2. The lowest BCUT2D eigenvalue weighted by molar-refractivity contribution is -0.152. The van der Waals surface area contributed by atoms with E-state index < -0.39 is 35.3 Å². The van der Waals surface area contributed by atoms with Crippen LogP contribution in [0.5, 0.6) is 5.75 Å². The number of alkyl halides is 4. The lowest BCUT2D eigenvalue weighted by Gasteiger charge is -2.45. The third-order valence-electron chi connectivity index (χ3n) is 6.57. The molecule has 4 atom stereocenters. The van der Waals surface area contributed by atoms with Crippen molar-refractivity contribution in [3.8, 4) is 17.1 Å². The second-order valence-corrected chi connectivity index (χ2v) is 8.74. The lowest BCUT2D eigenvalue weighted by Crippen LogP contribution is -2.61. The molecule has 0 spiro atoms. The molecule has 3 aromatic rings. The fraction of sp³-hybridized carbons (Fsp3) is 0.455. The molecule has 2 aliphatic rings. The first-order valence-corrected chi connectivity index (χ1v) is 10.8. The highest BCUT2D eigenvalue weighted by atomic mass is 19.4. The van der Waals surface area contributed by atoms with Crippen LogP contribution < -0.4 is 15.6 Å². The molecule has 2 bridgehead atoms. The maximum atomic E-state index is 15.0. The summed E-state index contributed by atoms with van der Waals surface area (Å²) in [5.41, 5.74) is -1.38. The molecule has 12 heteroatoms. The van der Waals surface area contributed by atoms with Gasteiger partial charge in [-0.2, -0.15) is 13.2 Å². The van der Waals surface area contributed by atoms with Crippen molar-refractivity contribution in [2.24, 2.45) is 0 Å². The number of hydrogen-bond donors (Lipinski definition) is 2. The van der Waals surface area contributed by atoms with Crippen LogP contribution in [0.25, 0.3) is 22.4 Å². The van der Waals surface area contributed by atoms with Crippen LogP contribution in [0.2, 0.25) is 0 Å². The molecule has 5 rings (SSSR count). The molecule has 180 valence electrons. The summed E-state index contributed by atoms with van der Waals surface area (Å²) in [6, 6.07) is 2.03. The fourth-order valence-corrected chi connectivity index (χ4v) is 4.78. The van der Waals surface area contributed by atoms with Gasteiger partial charge in [0.05, 0.1) is 23.2 Å². The topological polar surface area (TPSA) is 104 Å². The normalized spacial score (nSPS) is 24.9. The third kappa shape index (κ3) is 3.95. The number of nitrogens with one attached hydrogen (secondary N) is 1. The van der Waals surface area contributed by atoms with Crippen LogP contribution in [0.4, 0.5) is 23.4 Å².